The van der Waals surface area contributed by atoms with Crippen LogP contribution in [0, 0.1) is 5.41 Å². The van der Waals surface area contributed by atoms with Crippen LogP contribution in [0.3, 0.4) is 0 Å². The molecule has 1 heterocycles. The molecule has 3 aromatic rings. The van der Waals surface area contributed by atoms with Crippen LogP contribution in [0.5, 0.6) is 5.75 Å². The number of hydrogen-bond donors (Lipinski definition) is 2. The summed E-state index contributed by atoms with van der Waals surface area (Å²) in [5.41, 5.74) is 7.70. The minimum Gasteiger partial charge on any atom is -0.496 e. The van der Waals surface area contributed by atoms with Gasteiger partial charge in [-0.2, -0.15) is 10.1 Å². The van der Waals surface area contributed by atoms with Crippen molar-refractivity contribution in [3.8, 4) is 17.0 Å². The maximum Gasteiger partial charge on any atom is 0.241 e. The number of benzene rings is 2. The van der Waals surface area contributed by atoms with Gasteiger partial charge in [0.2, 0.25) is 5.62 Å². The molecule has 6 nitrogen and oxygen atoms in total. The Kier molecular flexibility index (Phi) is 4.92. The lowest BCUT2D eigenvalue weighted by Gasteiger charge is -2.13. The molecule has 0 aliphatic carbocycles. The minimum atomic E-state index is -0.0645. The monoisotopic (exact) mass is 375 g/mol. The molecular formula is C17H15Cl2N5O. The maximum atomic E-state index is 8.05. The fourth-order valence-electron chi connectivity index (χ4n) is 2.43. The number of nitrogens with zero attached hydrogens (tertiary/aromatic N) is 3. The molecule has 0 radical (unpaired) electrons. The summed E-state index contributed by atoms with van der Waals surface area (Å²) in [7, 11) is 1.59. The third-order valence-corrected chi connectivity index (χ3v) is 4.47. The van der Waals surface area contributed by atoms with Gasteiger partial charge in [0.05, 0.1) is 23.7 Å². The molecule has 3 N–H and O–H groups in total. The lowest BCUT2D eigenvalue weighted by Crippen LogP contribution is -2.28. The van der Waals surface area contributed by atoms with Crippen molar-refractivity contribution < 1.29 is 4.74 Å². The molecule has 25 heavy (non-hydrogen) atoms. The van der Waals surface area contributed by atoms with E-state index in [4.69, 9.17) is 39.1 Å². The van der Waals surface area contributed by atoms with Crippen LogP contribution >= 0.6 is 23.2 Å². The quantitative estimate of drug-likeness (QED) is 0.731. The van der Waals surface area contributed by atoms with Crippen molar-refractivity contribution in [2.45, 2.75) is 6.54 Å². The SMILES string of the molecule is COc1ccccc1Cn1nc(-c2cccc(Cl)c2Cl)c(N)nc1=N. The van der Waals surface area contributed by atoms with E-state index >= 15 is 0 Å². The van der Waals surface area contributed by atoms with Crippen molar-refractivity contribution in [1.29, 1.82) is 5.41 Å². The van der Waals surface area contributed by atoms with Crippen molar-refractivity contribution in [3.63, 3.8) is 0 Å². The molecule has 1 aromatic heterocycles. The van der Waals surface area contributed by atoms with Gasteiger partial charge >= 0.3 is 0 Å². The number of nitrogens with one attached hydrogen (secondary N) is 1. The number of hydrogen-bond acceptors (Lipinski definition) is 5. The Hall–Kier alpha value is -2.57. The predicted octanol–water partition coefficient (Wildman–Crippen LogP) is 3.37. The Bertz CT molecular complexity index is 987. The fraction of sp³-hybridized carbons (Fsp3) is 0.118. The third-order valence-electron chi connectivity index (χ3n) is 3.65. The first-order valence-electron chi connectivity index (χ1n) is 7.36. The zero-order valence-electron chi connectivity index (χ0n) is 13.3. The molecule has 128 valence electrons. The van der Waals surface area contributed by atoms with Gasteiger partial charge in [0.25, 0.3) is 0 Å². The van der Waals surface area contributed by atoms with Crippen molar-refractivity contribution in [2.75, 3.05) is 12.8 Å². The highest BCUT2D eigenvalue weighted by atomic mass is 35.5. The topological polar surface area (TPSA) is 89.8 Å². The summed E-state index contributed by atoms with van der Waals surface area (Å²) >= 11 is 12.3. The van der Waals surface area contributed by atoms with Crippen molar-refractivity contribution in [1.82, 2.24) is 14.8 Å². The standard InChI is InChI=1S/C17H15Cl2N5O/c1-25-13-8-3-2-5-10(13)9-24-17(21)22-16(20)15(23-24)11-6-4-7-12(18)14(11)19/h2-8H,9H2,1H3,(H3,20,21,22). The van der Waals surface area contributed by atoms with Gasteiger partial charge in [-0.25, -0.2) is 4.68 Å². The van der Waals surface area contributed by atoms with Crippen LogP contribution < -0.4 is 16.1 Å². The van der Waals surface area contributed by atoms with Crippen LogP contribution in [0.25, 0.3) is 11.3 Å². The number of nitrogens with two attached hydrogens (primary N) is 1. The van der Waals surface area contributed by atoms with Gasteiger partial charge < -0.3 is 10.5 Å². The maximum absolute atomic E-state index is 8.05. The first-order valence-corrected chi connectivity index (χ1v) is 8.12. The summed E-state index contributed by atoms with van der Waals surface area (Å²) in [6, 6.07) is 12.7. The predicted molar refractivity (Wildman–Crippen MR) is 97.8 cm³/mol. The average Bonchev–Trinajstić information content (AvgIpc) is 2.60. The number of rotatable bonds is 4. The first-order chi connectivity index (χ1) is 12.0. The molecule has 8 heteroatoms. The molecule has 2 aromatic carbocycles. The van der Waals surface area contributed by atoms with Crippen LogP contribution in [0.1, 0.15) is 5.56 Å². The van der Waals surface area contributed by atoms with E-state index in [9.17, 15) is 0 Å². The molecule has 0 amide bonds. The Morgan fingerprint density at radius 3 is 2.68 bits per heavy atom. The lowest BCUT2D eigenvalue weighted by atomic mass is 10.1. The average molecular weight is 376 g/mol. The molecule has 0 spiro atoms. The van der Waals surface area contributed by atoms with Crippen molar-refractivity contribution >= 4 is 29.0 Å². The number of halogens is 2. The molecule has 0 saturated heterocycles. The summed E-state index contributed by atoms with van der Waals surface area (Å²) in [6.07, 6.45) is 0. The van der Waals surface area contributed by atoms with E-state index in [0.29, 0.717) is 33.6 Å². The summed E-state index contributed by atoms with van der Waals surface area (Å²) < 4.78 is 6.78. The Labute approximate surface area is 154 Å². The van der Waals surface area contributed by atoms with Crippen LogP contribution in [0.4, 0.5) is 5.82 Å². The van der Waals surface area contributed by atoms with Gasteiger partial charge in [0.1, 0.15) is 11.4 Å². The second-order valence-electron chi connectivity index (χ2n) is 5.24. The van der Waals surface area contributed by atoms with Gasteiger partial charge in [-0.05, 0) is 12.1 Å². The number of para-hydroxylation sites is 1. The largest absolute Gasteiger partial charge is 0.496 e. The van der Waals surface area contributed by atoms with E-state index in [1.54, 1.807) is 25.3 Å². The number of methoxy groups -OCH3 is 1. The summed E-state index contributed by atoms with van der Waals surface area (Å²) in [5.74, 6) is 0.820. The molecule has 3 rings (SSSR count). The first kappa shape index (κ1) is 17.3. The second-order valence-corrected chi connectivity index (χ2v) is 6.03. The number of ether oxygens (including phenoxy) is 1. The molecular weight excluding hydrogens is 361 g/mol. The molecule has 0 unspecified atom stereocenters. The summed E-state index contributed by atoms with van der Waals surface area (Å²) in [4.78, 5) is 4.07. The third kappa shape index (κ3) is 3.45. The molecule has 0 fully saturated rings. The number of aromatic nitrogens is 3. The summed E-state index contributed by atoms with van der Waals surface area (Å²) in [5, 5.41) is 13.2. The van der Waals surface area contributed by atoms with Crippen LogP contribution in [-0.2, 0) is 6.54 Å². The highest BCUT2D eigenvalue weighted by Crippen LogP contribution is 2.33. The molecule has 0 saturated carbocycles. The number of nitrogen functional groups attached to an aromatic ring is 1. The van der Waals surface area contributed by atoms with Crippen LogP contribution in [-0.4, -0.2) is 21.9 Å². The second kappa shape index (κ2) is 7.13. The van der Waals surface area contributed by atoms with Crippen LogP contribution in [0.15, 0.2) is 42.5 Å². The normalized spacial score (nSPS) is 10.7. The van der Waals surface area contributed by atoms with Crippen molar-refractivity contribution in [2.24, 2.45) is 0 Å². The van der Waals surface area contributed by atoms with E-state index in [1.807, 2.05) is 24.3 Å². The molecule has 0 atom stereocenters. The Morgan fingerprint density at radius 1 is 1.16 bits per heavy atom. The number of anilines is 1. The Balaban J connectivity index is 2.10. The summed E-state index contributed by atoms with van der Waals surface area (Å²) in [6.45, 7) is 0.307. The van der Waals surface area contributed by atoms with E-state index in [1.165, 1.54) is 4.68 Å². The van der Waals surface area contributed by atoms with Gasteiger partial charge in [-0.1, -0.05) is 53.5 Å². The molecule has 0 aliphatic heterocycles. The van der Waals surface area contributed by atoms with E-state index < -0.39 is 0 Å². The highest BCUT2D eigenvalue weighted by molar-refractivity contribution is 6.43. The van der Waals surface area contributed by atoms with E-state index in [2.05, 4.69) is 10.1 Å². The molecule has 0 aliphatic rings. The lowest BCUT2D eigenvalue weighted by molar-refractivity contribution is 0.406. The van der Waals surface area contributed by atoms with Crippen molar-refractivity contribution in [3.05, 3.63) is 63.7 Å². The fourth-order valence-corrected chi connectivity index (χ4v) is 2.82. The zero-order chi connectivity index (χ0) is 18.0. The molecule has 0 bridgehead atoms. The van der Waals surface area contributed by atoms with E-state index in [0.717, 1.165) is 5.56 Å². The minimum absolute atomic E-state index is 0.0645. The van der Waals surface area contributed by atoms with Gasteiger partial charge in [0, 0.05) is 11.1 Å². The zero-order valence-corrected chi connectivity index (χ0v) is 14.8. The van der Waals surface area contributed by atoms with Crippen LogP contribution in [0.2, 0.25) is 10.0 Å². The van der Waals surface area contributed by atoms with E-state index in [-0.39, 0.29) is 11.4 Å². The van der Waals surface area contributed by atoms with Gasteiger partial charge in [-0.15, -0.1) is 0 Å². The Morgan fingerprint density at radius 2 is 1.92 bits per heavy atom. The highest BCUT2D eigenvalue weighted by Gasteiger charge is 2.15. The van der Waals surface area contributed by atoms with Gasteiger partial charge in [-0.3, -0.25) is 5.41 Å². The smallest absolute Gasteiger partial charge is 0.241 e. The van der Waals surface area contributed by atoms with Gasteiger partial charge in [0.15, 0.2) is 5.82 Å².